The smallest absolute Gasteiger partial charge is 0.267 e. The third kappa shape index (κ3) is 4.72. The Hall–Kier alpha value is -3.06. The lowest BCUT2D eigenvalue weighted by molar-refractivity contribution is 0.0624. The second kappa shape index (κ2) is 9.20. The summed E-state index contributed by atoms with van der Waals surface area (Å²) in [6.45, 7) is 7.54. The van der Waals surface area contributed by atoms with Crippen LogP contribution in [0.5, 0.6) is 0 Å². The SMILES string of the molecule is Cc1nc(-c2ccc(F)cc2)sc1C(=O)Nc1ccccc1C(=O)N1CC(C)CC(C)C1. The molecule has 4 rings (SSSR count). The van der Waals surface area contributed by atoms with Crippen LogP contribution in [0.25, 0.3) is 10.6 Å². The molecule has 2 amide bonds. The maximum atomic E-state index is 13.2. The molecular weight excluding hydrogens is 425 g/mol. The van der Waals surface area contributed by atoms with E-state index in [-0.39, 0.29) is 17.6 Å². The number of thiazole rings is 1. The standard InChI is InChI=1S/C25H26FN3O2S/c1-15-12-16(2)14-29(13-15)25(31)20-6-4-5-7-21(20)28-23(30)22-17(3)27-24(32-22)18-8-10-19(26)11-9-18/h4-11,15-16H,12-14H2,1-3H3,(H,28,30). The van der Waals surface area contributed by atoms with Gasteiger partial charge in [-0.1, -0.05) is 26.0 Å². The first-order valence-corrected chi connectivity index (χ1v) is 11.6. The zero-order valence-electron chi connectivity index (χ0n) is 18.4. The molecule has 7 heteroatoms. The fourth-order valence-electron chi connectivity index (χ4n) is 4.28. The molecule has 1 aliphatic heterocycles. The summed E-state index contributed by atoms with van der Waals surface area (Å²) in [5, 5.41) is 3.55. The molecule has 2 aromatic carbocycles. The maximum Gasteiger partial charge on any atom is 0.267 e. The van der Waals surface area contributed by atoms with E-state index in [9.17, 15) is 14.0 Å². The number of hydrogen-bond acceptors (Lipinski definition) is 4. The van der Waals surface area contributed by atoms with Crippen LogP contribution < -0.4 is 5.32 Å². The van der Waals surface area contributed by atoms with Crippen molar-refractivity contribution in [1.82, 2.24) is 9.88 Å². The quantitative estimate of drug-likeness (QED) is 0.559. The first kappa shape index (κ1) is 22.1. The first-order valence-electron chi connectivity index (χ1n) is 10.7. The third-order valence-corrected chi connectivity index (χ3v) is 6.86. The Morgan fingerprint density at radius 1 is 1.06 bits per heavy atom. The summed E-state index contributed by atoms with van der Waals surface area (Å²) in [5.41, 5.74) is 2.32. The topological polar surface area (TPSA) is 62.3 Å². The van der Waals surface area contributed by atoms with E-state index >= 15 is 0 Å². The number of halogens is 1. The average Bonchev–Trinajstić information content (AvgIpc) is 3.15. The molecule has 1 aliphatic rings. The second-order valence-electron chi connectivity index (χ2n) is 8.60. The number of aryl methyl sites for hydroxylation is 1. The Morgan fingerprint density at radius 2 is 1.72 bits per heavy atom. The van der Waals surface area contributed by atoms with Gasteiger partial charge in [0.15, 0.2) is 0 Å². The Kier molecular flexibility index (Phi) is 6.37. The highest BCUT2D eigenvalue weighted by atomic mass is 32.1. The molecule has 0 spiro atoms. The van der Waals surface area contributed by atoms with Crippen LogP contribution in [0.4, 0.5) is 10.1 Å². The number of hydrogen-bond donors (Lipinski definition) is 1. The number of nitrogens with one attached hydrogen (secondary N) is 1. The number of aromatic nitrogens is 1. The molecule has 2 atom stereocenters. The molecular formula is C25H26FN3O2S. The van der Waals surface area contributed by atoms with Crippen molar-refractivity contribution in [3.8, 4) is 10.6 Å². The number of anilines is 1. The van der Waals surface area contributed by atoms with Gasteiger partial charge in [0.2, 0.25) is 0 Å². The Labute approximate surface area is 191 Å². The Balaban J connectivity index is 1.56. The fourth-order valence-corrected chi connectivity index (χ4v) is 5.25. The van der Waals surface area contributed by atoms with Crippen molar-refractivity contribution in [2.24, 2.45) is 11.8 Å². The predicted molar refractivity (Wildman–Crippen MR) is 125 cm³/mol. The molecule has 166 valence electrons. The van der Waals surface area contributed by atoms with Crippen molar-refractivity contribution in [3.05, 3.63) is 70.5 Å². The number of carbonyl (C=O) groups is 2. The summed E-state index contributed by atoms with van der Waals surface area (Å²) in [6.07, 6.45) is 1.11. The molecule has 1 N–H and O–H groups in total. The lowest BCUT2D eigenvalue weighted by Gasteiger charge is -2.35. The molecule has 2 heterocycles. The van der Waals surface area contributed by atoms with Gasteiger partial charge in [-0.25, -0.2) is 9.37 Å². The Bertz CT molecular complexity index is 1130. The van der Waals surface area contributed by atoms with Gasteiger partial charge in [0.05, 0.1) is 16.9 Å². The van der Waals surface area contributed by atoms with Crippen molar-refractivity contribution in [2.45, 2.75) is 27.2 Å². The lowest BCUT2D eigenvalue weighted by Crippen LogP contribution is -2.42. The van der Waals surface area contributed by atoms with Crippen molar-refractivity contribution < 1.29 is 14.0 Å². The molecule has 3 aromatic rings. The van der Waals surface area contributed by atoms with Crippen molar-refractivity contribution >= 4 is 28.8 Å². The summed E-state index contributed by atoms with van der Waals surface area (Å²) in [6, 6.07) is 13.1. The van der Waals surface area contributed by atoms with Crippen molar-refractivity contribution in [3.63, 3.8) is 0 Å². The third-order valence-electron chi connectivity index (χ3n) is 5.66. The molecule has 1 aromatic heterocycles. The van der Waals surface area contributed by atoms with Crippen LogP contribution in [0.15, 0.2) is 48.5 Å². The summed E-state index contributed by atoms with van der Waals surface area (Å²) in [4.78, 5) is 33.1. The number of piperidine rings is 1. The second-order valence-corrected chi connectivity index (χ2v) is 9.60. The molecule has 5 nitrogen and oxygen atoms in total. The monoisotopic (exact) mass is 451 g/mol. The van der Waals surface area contributed by atoms with E-state index in [0.29, 0.717) is 38.7 Å². The van der Waals surface area contributed by atoms with Crippen LogP contribution in [-0.4, -0.2) is 34.8 Å². The highest BCUT2D eigenvalue weighted by molar-refractivity contribution is 7.17. The van der Waals surface area contributed by atoms with Crippen LogP contribution in [0.1, 0.15) is 46.0 Å². The van der Waals surface area contributed by atoms with E-state index in [0.717, 1.165) is 25.1 Å². The molecule has 32 heavy (non-hydrogen) atoms. The number of nitrogens with zero attached hydrogens (tertiary/aromatic N) is 2. The van der Waals surface area contributed by atoms with Crippen LogP contribution >= 0.6 is 11.3 Å². The molecule has 1 fully saturated rings. The molecule has 1 saturated heterocycles. The van der Waals surface area contributed by atoms with Crippen LogP contribution in [-0.2, 0) is 0 Å². The Morgan fingerprint density at radius 3 is 2.41 bits per heavy atom. The zero-order chi connectivity index (χ0) is 22.8. The number of benzene rings is 2. The molecule has 0 radical (unpaired) electrons. The summed E-state index contributed by atoms with van der Waals surface area (Å²) < 4.78 is 13.2. The minimum atomic E-state index is -0.321. The summed E-state index contributed by atoms with van der Waals surface area (Å²) in [5.74, 6) is 0.212. The number of carbonyl (C=O) groups excluding carboxylic acids is 2. The summed E-state index contributed by atoms with van der Waals surface area (Å²) in [7, 11) is 0. The molecule has 0 bridgehead atoms. The fraction of sp³-hybridized carbons (Fsp3) is 0.320. The van der Waals surface area contributed by atoms with Gasteiger partial charge in [-0.05, 0) is 61.6 Å². The number of para-hydroxylation sites is 1. The van der Waals surface area contributed by atoms with Crippen molar-refractivity contribution in [2.75, 3.05) is 18.4 Å². The van der Waals surface area contributed by atoms with Gasteiger partial charge in [-0.3, -0.25) is 9.59 Å². The normalized spacial score (nSPS) is 18.4. The van der Waals surface area contributed by atoms with Crippen LogP contribution in [0.2, 0.25) is 0 Å². The minimum Gasteiger partial charge on any atom is -0.338 e. The van der Waals surface area contributed by atoms with Crippen molar-refractivity contribution in [1.29, 1.82) is 0 Å². The van der Waals surface area contributed by atoms with E-state index < -0.39 is 0 Å². The van der Waals surface area contributed by atoms with Crippen LogP contribution in [0.3, 0.4) is 0 Å². The van der Waals surface area contributed by atoms with Gasteiger partial charge in [0.25, 0.3) is 11.8 Å². The maximum absolute atomic E-state index is 13.2. The molecule has 2 unspecified atom stereocenters. The summed E-state index contributed by atoms with van der Waals surface area (Å²) >= 11 is 1.25. The number of rotatable bonds is 4. The van der Waals surface area contributed by atoms with E-state index in [1.54, 1.807) is 37.3 Å². The first-order chi connectivity index (χ1) is 15.3. The number of likely N-dealkylation sites (tertiary alicyclic amines) is 1. The van der Waals surface area contributed by atoms with Gasteiger partial charge >= 0.3 is 0 Å². The van der Waals surface area contributed by atoms with Crippen LogP contribution in [0, 0.1) is 24.6 Å². The van der Waals surface area contributed by atoms with Gasteiger partial charge in [-0.15, -0.1) is 11.3 Å². The average molecular weight is 452 g/mol. The number of amides is 2. The zero-order valence-corrected chi connectivity index (χ0v) is 19.2. The molecule has 0 aliphatic carbocycles. The predicted octanol–water partition coefficient (Wildman–Crippen LogP) is 5.63. The van der Waals surface area contributed by atoms with E-state index in [2.05, 4.69) is 24.1 Å². The largest absolute Gasteiger partial charge is 0.338 e. The van der Waals surface area contributed by atoms with Gasteiger partial charge in [0.1, 0.15) is 15.7 Å². The lowest BCUT2D eigenvalue weighted by atomic mass is 9.91. The van der Waals surface area contributed by atoms with E-state index in [1.807, 2.05) is 11.0 Å². The highest BCUT2D eigenvalue weighted by Crippen LogP contribution is 2.30. The minimum absolute atomic E-state index is 0.0627. The van der Waals surface area contributed by atoms with Gasteiger partial charge in [0, 0.05) is 18.7 Å². The van der Waals surface area contributed by atoms with Gasteiger partial charge in [-0.2, -0.15) is 0 Å². The highest BCUT2D eigenvalue weighted by Gasteiger charge is 2.28. The van der Waals surface area contributed by atoms with E-state index in [4.69, 9.17) is 0 Å². The van der Waals surface area contributed by atoms with E-state index in [1.165, 1.54) is 23.5 Å². The molecule has 0 saturated carbocycles. The van der Waals surface area contributed by atoms with Gasteiger partial charge < -0.3 is 10.2 Å².